The lowest BCUT2D eigenvalue weighted by atomic mass is 9.90. The first kappa shape index (κ1) is 18.2. The van der Waals surface area contributed by atoms with Gasteiger partial charge >= 0.3 is 0 Å². The van der Waals surface area contributed by atoms with Gasteiger partial charge in [0.15, 0.2) is 0 Å². The van der Waals surface area contributed by atoms with Crippen LogP contribution in [-0.4, -0.2) is 41.5 Å². The molecule has 0 aromatic carbocycles. The second-order valence-electron chi connectivity index (χ2n) is 5.76. The zero-order chi connectivity index (χ0) is 14.8. The van der Waals surface area contributed by atoms with Crippen LogP contribution in [0.15, 0.2) is 18.3 Å². The van der Waals surface area contributed by atoms with E-state index in [1.807, 2.05) is 6.92 Å². The number of hydrogen-bond acceptors (Lipinski definition) is 4. The van der Waals surface area contributed by atoms with Gasteiger partial charge < -0.3 is 11.1 Å². The van der Waals surface area contributed by atoms with Crippen molar-refractivity contribution >= 4 is 35.7 Å². The highest BCUT2D eigenvalue weighted by molar-refractivity contribution is 6.30. The van der Waals surface area contributed by atoms with Crippen molar-refractivity contribution in [3.05, 3.63) is 23.4 Å². The molecule has 2 rings (SSSR count). The first-order valence-corrected chi connectivity index (χ1v) is 7.18. The summed E-state index contributed by atoms with van der Waals surface area (Å²) in [5.74, 6) is 0.466. The summed E-state index contributed by atoms with van der Waals surface area (Å²) in [6.07, 6.45) is 2.55. The van der Waals surface area contributed by atoms with Crippen LogP contribution in [0.4, 0.5) is 5.82 Å². The van der Waals surface area contributed by atoms with E-state index in [9.17, 15) is 4.79 Å². The van der Waals surface area contributed by atoms with Crippen LogP contribution in [0, 0.1) is 5.41 Å². The van der Waals surface area contributed by atoms with E-state index in [4.69, 9.17) is 17.3 Å². The molecule has 1 saturated heterocycles. The Balaban J connectivity index is 0.00000220. The molecule has 5 nitrogen and oxygen atoms in total. The van der Waals surface area contributed by atoms with Crippen LogP contribution in [0.5, 0.6) is 0 Å². The number of rotatable bonds is 4. The van der Waals surface area contributed by atoms with Gasteiger partial charge in [-0.3, -0.25) is 9.69 Å². The molecule has 118 valence electrons. The SMILES string of the molecule is CC(C(=O)Nc1ccc(Cl)cn1)N1CCC(C)(CN)C1.Cl. The summed E-state index contributed by atoms with van der Waals surface area (Å²) in [5.41, 5.74) is 5.91. The van der Waals surface area contributed by atoms with Crippen LogP contribution in [0.1, 0.15) is 20.3 Å². The summed E-state index contributed by atoms with van der Waals surface area (Å²) >= 11 is 5.77. The molecule has 0 saturated carbocycles. The second kappa shape index (κ2) is 7.40. The number of nitrogens with one attached hydrogen (secondary N) is 1. The lowest BCUT2D eigenvalue weighted by Gasteiger charge is -2.26. The van der Waals surface area contributed by atoms with Crippen LogP contribution in [0.2, 0.25) is 5.02 Å². The van der Waals surface area contributed by atoms with Crippen LogP contribution in [0.25, 0.3) is 0 Å². The van der Waals surface area contributed by atoms with E-state index >= 15 is 0 Å². The van der Waals surface area contributed by atoms with Gasteiger partial charge in [-0.1, -0.05) is 18.5 Å². The maximum absolute atomic E-state index is 12.2. The highest BCUT2D eigenvalue weighted by Gasteiger charge is 2.36. The number of halogens is 2. The van der Waals surface area contributed by atoms with E-state index < -0.39 is 0 Å². The average Bonchev–Trinajstić information content (AvgIpc) is 2.84. The molecular formula is C14H22Cl2N4O. The third-order valence-electron chi connectivity index (χ3n) is 3.99. The van der Waals surface area contributed by atoms with Gasteiger partial charge in [-0.15, -0.1) is 12.4 Å². The minimum atomic E-state index is -0.194. The third kappa shape index (κ3) is 4.54. The molecule has 0 aliphatic carbocycles. The Morgan fingerprint density at radius 3 is 2.86 bits per heavy atom. The molecule has 1 amide bonds. The maximum Gasteiger partial charge on any atom is 0.242 e. The minimum absolute atomic E-state index is 0. The van der Waals surface area contributed by atoms with Crippen LogP contribution in [-0.2, 0) is 4.79 Å². The molecule has 7 heteroatoms. The van der Waals surface area contributed by atoms with E-state index in [2.05, 4.69) is 22.1 Å². The van der Waals surface area contributed by atoms with Crippen molar-refractivity contribution in [1.29, 1.82) is 0 Å². The number of nitrogens with two attached hydrogens (primary N) is 1. The van der Waals surface area contributed by atoms with Crippen molar-refractivity contribution in [3.63, 3.8) is 0 Å². The van der Waals surface area contributed by atoms with Gasteiger partial charge in [-0.25, -0.2) is 4.98 Å². The number of likely N-dealkylation sites (tertiary alicyclic amines) is 1. The summed E-state index contributed by atoms with van der Waals surface area (Å²) < 4.78 is 0. The lowest BCUT2D eigenvalue weighted by Crippen LogP contribution is -2.42. The van der Waals surface area contributed by atoms with Gasteiger partial charge in [0.1, 0.15) is 5.82 Å². The number of amides is 1. The van der Waals surface area contributed by atoms with Gasteiger partial charge in [0.25, 0.3) is 0 Å². The number of aromatic nitrogens is 1. The van der Waals surface area contributed by atoms with Crippen molar-refractivity contribution in [2.45, 2.75) is 26.3 Å². The first-order valence-electron chi connectivity index (χ1n) is 6.80. The normalized spacial score (nSPS) is 23.4. The molecule has 0 spiro atoms. The molecule has 1 aromatic rings. The molecular weight excluding hydrogens is 311 g/mol. The van der Waals surface area contributed by atoms with Gasteiger partial charge in [-0.05, 0) is 44.0 Å². The number of nitrogens with zero attached hydrogens (tertiary/aromatic N) is 2. The van der Waals surface area contributed by atoms with Crippen molar-refractivity contribution in [2.24, 2.45) is 11.1 Å². The summed E-state index contributed by atoms with van der Waals surface area (Å²) in [7, 11) is 0. The smallest absolute Gasteiger partial charge is 0.242 e. The summed E-state index contributed by atoms with van der Waals surface area (Å²) in [4.78, 5) is 18.5. The molecule has 1 fully saturated rings. The van der Waals surface area contributed by atoms with E-state index in [1.54, 1.807) is 12.1 Å². The molecule has 2 atom stereocenters. The van der Waals surface area contributed by atoms with Gasteiger partial charge in [0.05, 0.1) is 11.1 Å². The highest BCUT2D eigenvalue weighted by Crippen LogP contribution is 2.29. The molecule has 1 aliphatic rings. The second-order valence-corrected chi connectivity index (χ2v) is 6.20. The zero-order valence-electron chi connectivity index (χ0n) is 12.3. The van der Waals surface area contributed by atoms with Crippen molar-refractivity contribution in [1.82, 2.24) is 9.88 Å². The number of hydrogen-bond donors (Lipinski definition) is 2. The Kier molecular flexibility index (Phi) is 6.41. The van der Waals surface area contributed by atoms with Gasteiger partial charge in [-0.2, -0.15) is 0 Å². The molecule has 1 aliphatic heterocycles. The fraction of sp³-hybridized carbons (Fsp3) is 0.571. The Morgan fingerprint density at radius 2 is 2.33 bits per heavy atom. The molecule has 1 aromatic heterocycles. The van der Waals surface area contributed by atoms with Crippen molar-refractivity contribution in [2.75, 3.05) is 25.0 Å². The standard InChI is InChI=1S/C14H21ClN4O.ClH/c1-10(19-6-5-14(2,8-16)9-19)13(20)18-12-4-3-11(15)7-17-12;/h3-4,7,10H,5-6,8-9,16H2,1-2H3,(H,17,18,20);1H. The Bertz CT molecular complexity index is 482. The predicted molar refractivity (Wildman–Crippen MR) is 87.9 cm³/mol. The summed E-state index contributed by atoms with van der Waals surface area (Å²) in [6, 6.07) is 3.21. The summed E-state index contributed by atoms with van der Waals surface area (Å²) in [6.45, 7) is 6.48. The number of anilines is 1. The monoisotopic (exact) mass is 332 g/mol. The van der Waals surface area contributed by atoms with E-state index in [1.165, 1.54) is 6.20 Å². The first-order chi connectivity index (χ1) is 9.43. The maximum atomic E-state index is 12.2. The van der Waals surface area contributed by atoms with Crippen LogP contribution < -0.4 is 11.1 Å². The molecule has 2 unspecified atom stereocenters. The fourth-order valence-electron chi connectivity index (χ4n) is 2.41. The minimum Gasteiger partial charge on any atom is -0.330 e. The van der Waals surface area contributed by atoms with E-state index in [0.717, 1.165) is 19.5 Å². The van der Waals surface area contributed by atoms with E-state index in [-0.39, 0.29) is 29.8 Å². The molecule has 3 N–H and O–H groups in total. The van der Waals surface area contributed by atoms with Gasteiger partial charge in [0.2, 0.25) is 5.91 Å². The lowest BCUT2D eigenvalue weighted by molar-refractivity contribution is -0.120. The highest BCUT2D eigenvalue weighted by atomic mass is 35.5. The molecule has 0 radical (unpaired) electrons. The third-order valence-corrected chi connectivity index (χ3v) is 4.21. The van der Waals surface area contributed by atoms with Crippen LogP contribution >= 0.6 is 24.0 Å². The number of carbonyl (C=O) groups is 1. The Morgan fingerprint density at radius 1 is 1.62 bits per heavy atom. The van der Waals surface area contributed by atoms with Crippen LogP contribution in [0.3, 0.4) is 0 Å². The molecule has 21 heavy (non-hydrogen) atoms. The predicted octanol–water partition coefficient (Wildman–Crippen LogP) is 2.15. The average molecular weight is 333 g/mol. The quantitative estimate of drug-likeness (QED) is 0.886. The topological polar surface area (TPSA) is 71.2 Å². The molecule has 2 heterocycles. The largest absolute Gasteiger partial charge is 0.330 e. The van der Waals surface area contributed by atoms with E-state index in [0.29, 0.717) is 17.4 Å². The molecule has 0 bridgehead atoms. The van der Waals surface area contributed by atoms with Gasteiger partial charge in [0, 0.05) is 12.7 Å². The fourth-order valence-corrected chi connectivity index (χ4v) is 2.52. The number of pyridine rings is 1. The number of carbonyl (C=O) groups excluding carboxylic acids is 1. The summed E-state index contributed by atoms with van der Waals surface area (Å²) in [5, 5.41) is 3.36. The Labute approximate surface area is 136 Å². The van der Waals surface area contributed by atoms with Crippen molar-refractivity contribution in [3.8, 4) is 0 Å². The zero-order valence-corrected chi connectivity index (χ0v) is 13.9. The van der Waals surface area contributed by atoms with Crippen molar-refractivity contribution < 1.29 is 4.79 Å². The Hall–Kier alpha value is -0.880.